The van der Waals surface area contributed by atoms with Gasteiger partial charge in [-0.2, -0.15) is 0 Å². The van der Waals surface area contributed by atoms with Crippen molar-refractivity contribution >= 4 is 21.9 Å². The van der Waals surface area contributed by atoms with Crippen molar-refractivity contribution in [2.45, 2.75) is 16.8 Å². The Labute approximate surface area is 70.1 Å². The molecule has 2 N–H and O–H groups in total. The lowest BCUT2D eigenvalue weighted by Crippen LogP contribution is -2.37. The molecule has 0 saturated carbocycles. The maximum atomic E-state index is 12.9. The van der Waals surface area contributed by atoms with Crippen molar-refractivity contribution in [3.8, 4) is 0 Å². The summed E-state index contributed by atoms with van der Waals surface area (Å²) >= 11 is 2.35. The van der Waals surface area contributed by atoms with Crippen molar-refractivity contribution in [3.05, 3.63) is 0 Å². The number of halogens is 2. The van der Waals surface area contributed by atoms with Crippen LogP contribution in [0.5, 0.6) is 0 Å². The quantitative estimate of drug-likeness (QED) is 0.462. The fraction of sp³-hybridized carbons (Fsp3) is 0.800. The highest BCUT2D eigenvalue weighted by Gasteiger charge is 2.56. The Morgan fingerprint density at radius 2 is 2.36 bits per heavy atom. The van der Waals surface area contributed by atoms with Crippen LogP contribution < -0.4 is 0 Å². The third-order valence-electron chi connectivity index (χ3n) is 1.43. The zero-order chi connectivity index (χ0) is 8.65. The van der Waals surface area contributed by atoms with Crippen LogP contribution in [0.3, 0.4) is 0 Å². The maximum absolute atomic E-state index is 12.9. The number of esters is 1. The number of cyclic esters (lactones) is 1. The smallest absolute Gasteiger partial charge is 0.358 e. The number of alkyl halides is 2. The van der Waals surface area contributed by atoms with E-state index in [9.17, 15) is 9.18 Å². The van der Waals surface area contributed by atoms with E-state index in [4.69, 9.17) is 10.2 Å². The van der Waals surface area contributed by atoms with Gasteiger partial charge in [-0.25, -0.2) is 9.18 Å². The fourth-order valence-electron chi connectivity index (χ4n) is 0.772. The van der Waals surface area contributed by atoms with Gasteiger partial charge in [0.1, 0.15) is 6.10 Å². The molecule has 0 aliphatic carbocycles. The molecule has 0 aromatic rings. The summed E-state index contributed by atoms with van der Waals surface area (Å²) in [4.78, 5) is 10.6. The van der Waals surface area contributed by atoms with Crippen molar-refractivity contribution in [3.63, 3.8) is 0 Å². The number of carbonyl (C=O) groups excluding carboxylic acids is 1. The van der Waals surface area contributed by atoms with Crippen LogP contribution >= 0.6 is 15.9 Å². The van der Waals surface area contributed by atoms with Crippen molar-refractivity contribution in [1.29, 1.82) is 0 Å². The highest BCUT2D eigenvalue weighted by Crippen LogP contribution is 2.35. The van der Waals surface area contributed by atoms with Gasteiger partial charge in [-0.3, -0.25) is 0 Å². The molecular formula is C5H6BrFO4. The van der Waals surface area contributed by atoms with Crippen LogP contribution in [0.2, 0.25) is 0 Å². The minimum Gasteiger partial charge on any atom is -0.454 e. The Hall–Kier alpha value is -0.200. The van der Waals surface area contributed by atoms with Gasteiger partial charge < -0.3 is 14.9 Å². The molecule has 1 aliphatic rings. The van der Waals surface area contributed by atoms with E-state index in [1.165, 1.54) is 0 Å². The summed E-state index contributed by atoms with van der Waals surface area (Å²) in [6, 6.07) is 0. The molecule has 1 aliphatic heterocycles. The van der Waals surface area contributed by atoms with E-state index in [1.807, 2.05) is 0 Å². The summed E-state index contributed by atoms with van der Waals surface area (Å²) < 4.78 is 14.6. The Bertz CT molecular complexity index is 183. The van der Waals surface area contributed by atoms with Gasteiger partial charge in [-0.15, -0.1) is 0 Å². The second-order valence-corrected chi connectivity index (χ2v) is 3.35. The normalized spacial score (nSPS) is 44.2. The number of hydrogen-bond donors (Lipinski definition) is 2. The largest absolute Gasteiger partial charge is 0.454 e. The van der Waals surface area contributed by atoms with Crippen LogP contribution in [-0.4, -0.2) is 39.6 Å². The third-order valence-corrected chi connectivity index (χ3v) is 2.23. The summed E-state index contributed by atoms with van der Waals surface area (Å²) in [5, 5.41) is 17.4. The lowest BCUT2D eigenvalue weighted by atomic mass is 10.2. The first-order chi connectivity index (χ1) is 5.00. The van der Waals surface area contributed by atoms with Gasteiger partial charge in [0.2, 0.25) is 0 Å². The molecule has 0 aromatic carbocycles. The predicted molar refractivity (Wildman–Crippen MR) is 35.7 cm³/mol. The monoisotopic (exact) mass is 228 g/mol. The molecule has 64 valence electrons. The maximum Gasteiger partial charge on any atom is 0.358 e. The van der Waals surface area contributed by atoms with E-state index in [1.54, 1.807) is 0 Å². The van der Waals surface area contributed by atoms with Gasteiger partial charge in [0.05, 0.1) is 6.61 Å². The molecule has 1 rings (SSSR count). The zero-order valence-corrected chi connectivity index (χ0v) is 6.91. The van der Waals surface area contributed by atoms with Crippen molar-refractivity contribution in [2.24, 2.45) is 0 Å². The molecule has 4 nitrogen and oxygen atoms in total. The van der Waals surface area contributed by atoms with E-state index in [0.717, 1.165) is 0 Å². The van der Waals surface area contributed by atoms with Crippen LogP contribution in [-0.2, 0) is 9.53 Å². The van der Waals surface area contributed by atoms with Gasteiger partial charge in [-0.05, 0) is 15.9 Å². The SMILES string of the molecule is O=C1OC(CO)C(O)[C@]1(F)Br. The Kier molecular flexibility index (Phi) is 2.17. The van der Waals surface area contributed by atoms with Crippen molar-refractivity contribution in [2.75, 3.05) is 6.61 Å². The van der Waals surface area contributed by atoms with Crippen LogP contribution in [0.15, 0.2) is 0 Å². The average molecular weight is 229 g/mol. The third kappa shape index (κ3) is 1.25. The molecule has 6 heteroatoms. The number of rotatable bonds is 1. The minimum atomic E-state index is -2.57. The second-order valence-electron chi connectivity index (χ2n) is 2.19. The lowest BCUT2D eigenvalue weighted by molar-refractivity contribution is -0.147. The first-order valence-corrected chi connectivity index (χ1v) is 3.67. The predicted octanol–water partition coefficient (Wildman–Crippen LogP) is -0.674. The molecule has 0 radical (unpaired) electrons. The summed E-state index contributed by atoms with van der Waals surface area (Å²) in [6.07, 6.45) is -2.83. The Balaban J connectivity index is 2.80. The van der Waals surface area contributed by atoms with E-state index in [-0.39, 0.29) is 0 Å². The lowest BCUT2D eigenvalue weighted by Gasteiger charge is -2.12. The standard InChI is InChI=1S/C5H6BrFO4/c6-5(7)3(9)2(1-8)11-4(5)10/h2-3,8-9H,1H2/t2?,3?,5-/m1/s1. The number of ether oxygens (including phenoxy) is 1. The van der Waals surface area contributed by atoms with Crippen LogP contribution in [0.1, 0.15) is 0 Å². The van der Waals surface area contributed by atoms with Gasteiger partial charge in [0.15, 0.2) is 6.10 Å². The molecule has 1 fully saturated rings. The Morgan fingerprint density at radius 3 is 2.55 bits per heavy atom. The van der Waals surface area contributed by atoms with Crippen LogP contribution in [0.25, 0.3) is 0 Å². The van der Waals surface area contributed by atoms with Gasteiger partial charge in [0.25, 0.3) is 4.58 Å². The van der Waals surface area contributed by atoms with E-state index < -0.39 is 29.4 Å². The van der Waals surface area contributed by atoms with Gasteiger partial charge in [-0.1, -0.05) is 0 Å². The molecule has 2 unspecified atom stereocenters. The summed E-state index contributed by atoms with van der Waals surface area (Å²) in [5.41, 5.74) is 0. The first-order valence-electron chi connectivity index (χ1n) is 2.88. The first kappa shape index (κ1) is 8.89. The molecule has 0 bridgehead atoms. The summed E-state index contributed by atoms with van der Waals surface area (Å²) in [5.74, 6) is -1.20. The van der Waals surface area contributed by atoms with E-state index in [0.29, 0.717) is 0 Å². The topological polar surface area (TPSA) is 66.8 Å². The molecule has 0 amide bonds. The highest BCUT2D eigenvalue weighted by atomic mass is 79.9. The van der Waals surface area contributed by atoms with E-state index >= 15 is 0 Å². The summed E-state index contributed by atoms with van der Waals surface area (Å²) in [7, 11) is 0. The van der Waals surface area contributed by atoms with Crippen LogP contribution in [0.4, 0.5) is 4.39 Å². The Morgan fingerprint density at radius 1 is 1.82 bits per heavy atom. The van der Waals surface area contributed by atoms with Crippen LogP contribution in [0, 0.1) is 0 Å². The van der Waals surface area contributed by atoms with Crippen molar-refractivity contribution in [1.82, 2.24) is 0 Å². The van der Waals surface area contributed by atoms with E-state index in [2.05, 4.69) is 20.7 Å². The molecular weight excluding hydrogens is 223 g/mol. The molecule has 1 saturated heterocycles. The second kappa shape index (κ2) is 2.69. The minimum absolute atomic E-state index is 0.593. The highest BCUT2D eigenvalue weighted by molar-refractivity contribution is 9.10. The average Bonchev–Trinajstić information content (AvgIpc) is 2.14. The molecule has 0 spiro atoms. The molecule has 3 atom stereocenters. The molecule has 0 aromatic heterocycles. The summed E-state index contributed by atoms with van der Waals surface area (Å²) in [6.45, 7) is -0.593. The number of aliphatic hydroxyl groups is 2. The van der Waals surface area contributed by atoms with Gasteiger partial charge >= 0.3 is 5.97 Å². The zero-order valence-electron chi connectivity index (χ0n) is 5.33. The molecule has 1 heterocycles. The van der Waals surface area contributed by atoms with Crippen molar-refractivity contribution < 1.29 is 24.1 Å². The number of carbonyl (C=O) groups is 1. The number of hydrogen-bond acceptors (Lipinski definition) is 4. The number of aliphatic hydroxyl groups excluding tert-OH is 2. The fourth-order valence-corrected chi connectivity index (χ4v) is 1.16. The van der Waals surface area contributed by atoms with Gasteiger partial charge in [0, 0.05) is 0 Å². The molecule has 11 heavy (non-hydrogen) atoms.